The molecular formula is C27H24O6. The van der Waals surface area contributed by atoms with Crippen molar-refractivity contribution in [1.29, 1.82) is 0 Å². The summed E-state index contributed by atoms with van der Waals surface area (Å²) in [7, 11) is 0. The second-order valence-corrected chi connectivity index (χ2v) is 7.27. The summed E-state index contributed by atoms with van der Waals surface area (Å²) in [4.78, 5) is 23.1. The van der Waals surface area contributed by atoms with Crippen LogP contribution in [-0.2, 0) is 9.59 Å². The Labute approximate surface area is 192 Å². The second-order valence-electron chi connectivity index (χ2n) is 7.27. The molecule has 0 fully saturated rings. The Balaban J connectivity index is 1.50. The fraction of sp³-hybridized carbons (Fsp3) is 0.111. The first-order valence-electron chi connectivity index (χ1n) is 10.1. The zero-order chi connectivity index (χ0) is 23.8. The van der Waals surface area contributed by atoms with E-state index in [-0.39, 0.29) is 6.79 Å². The monoisotopic (exact) mass is 444 g/mol. The van der Waals surface area contributed by atoms with Crippen molar-refractivity contribution in [2.45, 2.75) is 13.8 Å². The first kappa shape index (κ1) is 23.3. The summed E-state index contributed by atoms with van der Waals surface area (Å²) < 4.78 is 21.5. The van der Waals surface area contributed by atoms with Gasteiger partial charge in [-0.15, -0.1) is 0 Å². The number of carbonyl (C=O) groups excluding carboxylic acids is 2. The molecule has 0 atom stereocenters. The van der Waals surface area contributed by atoms with Crippen molar-refractivity contribution >= 4 is 11.9 Å². The standard InChI is InChI=1S/C27H24O6/c1-18(2)26(28)32-24-11-7-21(8-12-24)20-5-9-22(10-6-20)30-17-31-23-13-15-25(16-14-23)33-27(29)19(3)4/h5-16H,1,3,17H2,2,4H3. The summed E-state index contributed by atoms with van der Waals surface area (Å²) in [6.45, 7) is 10.3. The van der Waals surface area contributed by atoms with Crippen LogP contribution in [0.4, 0.5) is 0 Å². The molecule has 0 saturated heterocycles. The van der Waals surface area contributed by atoms with Crippen molar-refractivity contribution in [3.63, 3.8) is 0 Å². The molecule has 6 heteroatoms. The highest BCUT2D eigenvalue weighted by Crippen LogP contribution is 2.25. The van der Waals surface area contributed by atoms with Gasteiger partial charge < -0.3 is 18.9 Å². The number of hydrogen-bond donors (Lipinski definition) is 0. The summed E-state index contributed by atoms with van der Waals surface area (Å²) in [6, 6.07) is 21.4. The third-order valence-corrected chi connectivity index (χ3v) is 4.43. The van der Waals surface area contributed by atoms with Crippen molar-refractivity contribution in [2.24, 2.45) is 0 Å². The highest BCUT2D eigenvalue weighted by atomic mass is 16.7. The number of ether oxygens (including phenoxy) is 4. The van der Waals surface area contributed by atoms with E-state index in [0.717, 1.165) is 11.1 Å². The van der Waals surface area contributed by atoms with Crippen molar-refractivity contribution in [1.82, 2.24) is 0 Å². The molecule has 168 valence electrons. The number of esters is 2. The van der Waals surface area contributed by atoms with E-state index < -0.39 is 11.9 Å². The van der Waals surface area contributed by atoms with Crippen LogP contribution in [0, 0.1) is 0 Å². The molecule has 0 radical (unpaired) electrons. The summed E-state index contributed by atoms with van der Waals surface area (Å²) in [6.07, 6.45) is 0. The van der Waals surface area contributed by atoms with Gasteiger partial charge in [0.15, 0.2) is 0 Å². The lowest BCUT2D eigenvalue weighted by Crippen LogP contribution is -2.08. The molecule has 3 aromatic carbocycles. The first-order chi connectivity index (χ1) is 15.8. The molecule has 6 nitrogen and oxygen atoms in total. The van der Waals surface area contributed by atoms with Crippen LogP contribution in [0.3, 0.4) is 0 Å². The van der Waals surface area contributed by atoms with Gasteiger partial charge in [0, 0.05) is 11.1 Å². The van der Waals surface area contributed by atoms with Gasteiger partial charge in [-0.25, -0.2) is 9.59 Å². The van der Waals surface area contributed by atoms with Gasteiger partial charge in [0.1, 0.15) is 23.0 Å². The Morgan fingerprint density at radius 2 is 0.879 bits per heavy atom. The normalized spacial score (nSPS) is 10.1. The Morgan fingerprint density at radius 1 is 0.576 bits per heavy atom. The van der Waals surface area contributed by atoms with Crippen LogP contribution >= 0.6 is 0 Å². The molecule has 0 amide bonds. The van der Waals surface area contributed by atoms with Gasteiger partial charge in [-0.05, 0) is 73.5 Å². The van der Waals surface area contributed by atoms with E-state index in [2.05, 4.69) is 13.2 Å². The Bertz CT molecular complexity index is 1140. The maximum Gasteiger partial charge on any atom is 0.338 e. The van der Waals surface area contributed by atoms with Crippen LogP contribution in [-0.4, -0.2) is 18.7 Å². The minimum atomic E-state index is -0.474. The summed E-state index contributed by atoms with van der Waals surface area (Å²) >= 11 is 0. The van der Waals surface area contributed by atoms with Gasteiger partial charge in [-0.1, -0.05) is 37.4 Å². The zero-order valence-corrected chi connectivity index (χ0v) is 18.5. The van der Waals surface area contributed by atoms with Gasteiger partial charge in [-0.2, -0.15) is 0 Å². The maximum atomic E-state index is 11.6. The fourth-order valence-electron chi connectivity index (χ4n) is 2.62. The SMILES string of the molecule is C=C(C)C(=O)Oc1ccc(OCOc2ccc(-c3ccc(OC(=O)C(=C)C)cc3)cc2)cc1. The Morgan fingerprint density at radius 3 is 1.24 bits per heavy atom. The number of carbonyl (C=O) groups is 2. The molecule has 0 spiro atoms. The lowest BCUT2D eigenvalue weighted by Gasteiger charge is -2.10. The minimum absolute atomic E-state index is 0.0209. The number of rotatable bonds is 9. The highest BCUT2D eigenvalue weighted by Gasteiger charge is 2.07. The molecule has 0 aliphatic heterocycles. The average Bonchev–Trinajstić information content (AvgIpc) is 2.81. The van der Waals surface area contributed by atoms with Crippen LogP contribution < -0.4 is 18.9 Å². The smallest absolute Gasteiger partial charge is 0.338 e. The van der Waals surface area contributed by atoms with Gasteiger partial charge in [0.2, 0.25) is 6.79 Å². The quantitative estimate of drug-likeness (QED) is 0.182. The predicted molar refractivity (Wildman–Crippen MR) is 125 cm³/mol. The van der Waals surface area contributed by atoms with Crippen molar-refractivity contribution in [3.8, 4) is 34.1 Å². The molecule has 0 heterocycles. The van der Waals surface area contributed by atoms with E-state index in [1.807, 2.05) is 36.4 Å². The summed E-state index contributed by atoms with van der Waals surface area (Å²) in [5.41, 5.74) is 2.64. The molecule has 0 saturated carbocycles. The van der Waals surface area contributed by atoms with Crippen molar-refractivity contribution < 1.29 is 28.5 Å². The van der Waals surface area contributed by atoms with Crippen LogP contribution in [0.1, 0.15) is 13.8 Å². The summed E-state index contributed by atoms with van der Waals surface area (Å²) in [5.74, 6) is 1.18. The van der Waals surface area contributed by atoms with Crippen LogP contribution in [0.5, 0.6) is 23.0 Å². The third-order valence-electron chi connectivity index (χ3n) is 4.43. The molecule has 0 unspecified atom stereocenters. The molecule has 3 aromatic rings. The van der Waals surface area contributed by atoms with Crippen molar-refractivity contribution in [3.05, 3.63) is 97.1 Å². The van der Waals surface area contributed by atoms with Gasteiger partial charge >= 0.3 is 11.9 Å². The van der Waals surface area contributed by atoms with Crippen LogP contribution in [0.25, 0.3) is 11.1 Å². The van der Waals surface area contributed by atoms with E-state index >= 15 is 0 Å². The average molecular weight is 444 g/mol. The Kier molecular flexibility index (Phi) is 7.65. The molecule has 3 rings (SSSR count). The highest BCUT2D eigenvalue weighted by molar-refractivity contribution is 5.89. The largest absolute Gasteiger partial charge is 0.458 e. The van der Waals surface area contributed by atoms with Crippen LogP contribution in [0.15, 0.2) is 97.1 Å². The second kappa shape index (κ2) is 10.8. The maximum absolute atomic E-state index is 11.6. The first-order valence-corrected chi connectivity index (χ1v) is 10.1. The lowest BCUT2D eigenvalue weighted by atomic mass is 10.1. The summed E-state index contributed by atoms with van der Waals surface area (Å²) in [5, 5.41) is 0. The molecular weight excluding hydrogens is 420 g/mol. The van der Waals surface area contributed by atoms with E-state index in [4.69, 9.17) is 18.9 Å². The van der Waals surface area contributed by atoms with Crippen molar-refractivity contribution in [2.75, 3.05) is 6.79 Å². The number of benzene rings is 3. The van der Waals surface area contributed by atoms with Gasteiger partial charge in [-0.3, -0.25) is 0 Å². The number of hydrogen-bond acceptors (Lipinski definition) is 6. The van der Waals surface area contributed by atoms with E-state index in [0.29, 0.717) is 34.1 Å². The zero-order valence-electron chi connectivity index (χ0n) is 18.5. The topological polar surface area (TPSA) is 71.1 Å². The van der Waals surface area contributed by atoms with Crippen LogP contribution in [0.2, 0.25) is 0 Å². The fourth-order valence-corrected chi connectivity index (χ4v) is 2.62. The van der Waals surface area contributed by atoms with Gasteiger partial charge in [0.25, 0.3) is 0 Å². The Hall–Kier alpha value is -4.32. The molecule has 0 aromatic heterocycles. The van der Waals surface area contributed by atoms with E-state index in [9.17, 15) is 9.59 Å². The lowest BCUT2D eigenvalue weighted by molar-refractivity contribution is -0.130. The molecule has 0 aliphatic rings. The predicted octanol–water partition coefficient (Wildman–Crippen LogP) is 5.73. The minimum Gasteiger partial charge on any atom is -0.458 e. The molecule has 0 aliphatic carbocycles. The van der Waals surface area contributed by atoms with E-state index in [1.165, 1.54) is 0 Å². The van der Waals surface area contributed by atoms with E-state index in [1.54, 1.807) is 50.2 Å². The molecule has 0 bridgehead atoms. The molecule has 0 N–H and O–H groups in total. The third kappa shape index (κ3) is 6.83. The van der Waals surface area contributed by atoms with Gasteiger partial charge in [0.05, 0.1) is 0 Å². The molecule has 33 heavy (non-hydrogen) atoms.